The Morgan fingerprint density at radius 3 is 2.36 bits per heavy atom. The molecule has 0 spiro atoms. The quantitative estimate of drug-likeness (QED) is 0.749. The van der Waals surface area contributed by atoms with Crippen molar-refractivity contribution in [2.45, 2.75) is 26.6 Å². The Balaban J connectivity index is 1.99. The van der Waals surface area contributed by atoms with Crippen LogP contribution >= 0.6 is 0 Å². The van der Waals surface area contributed by atoms with Gasteiger partial charge in [0.25, 0.3) is 0 Å². The average molecular weight is 292 g/mol. The molecule has 22 heavy (non-hydrogen) atoms. The van der Waals surface area contributed by atoms with Crippen LogP contribution in [0.25, 0.3) is 21.9 Å². The fraction of sp³-hybridized carbons (Fsp3) is 0.200. The number of hydrogen-bond donors (Lipinski definition) is 1. The first kappa shape index (κ1) is 14.6. The molecule has 0 saturated heterocycles. The van der Waals surface area contributed by atoms with E-state index < -0.39 is 0 Å². The zero-order valence-electron chi connectivity index (χ0n) is 12.9. The molecule has 0 aliphatic rings. The lowest BCUT2D eigenvalue weighted by atomic mass is 10.00. The van der Waals surface area contributed by atoms with Crippen molar-refractivity contribution in [2.24, 2.45) is 0 Å². The molecule has 0 bridgehead atoms. The third-order valence-electron chi connectivity index (χ3n) is 3.63. The monoisotopic (exact) mass is 292 g/mol. The summed E-state index contributed by atoms with van der Waals surface area (Å²) in [7, 11) is 0. The maximum atomic E-state index is 9.22. The van der Waals surface area contributed by atoms with Crippen LogP contribution in [0.1, 0.15) is 19.4 Å². The highest BCUT2D eigenvalue weighted by Gasteiger charge is 2.04. The van der Waals surface area contributed by atoms with E-state index in [4.69, 9.17) is 4.74 Å². The molecule has 0 aromatic heterocycles. The zero-order valence-corrected chi connectivity index (χ0v) is 12.9. The molecule has 0 heterocycles. The van der Waals surface area contributed by atoms with E-state index in [-0.39, 0.29) is 12.7 Å². The molecule has 0 saturated carbocycles. The third kappa shape index (κ3) is 3.12. The van der Waals surface area contributed by atoms with Crippen LogP contribution in [-0.4, -0.2) is 11.2 Å². The van der Waals surface area contributed by atoms with Gasteiger partial charge < -0.3 is 9.84 Å². The molecule has 3 aromatic carbocycles. The van der Waals surface area contributed by atoms with Crippen LogP contribution in [0.5, 0.6) is 5.75 Å². The average Bonchev–Trinajstić information content (AvgIpc) is 2.53. The normalized spacial score (nSPS) is 11.1. The lowest BCUT2D eigenvalue weighted by Gasteiger charge is -2.11. The summed E-state index contributed by atoms with van der Waals surface area (Å²) in [5.41, 5.74) is 3.25. The van der Waals surface area contributed by atoms with Gasteiger partial charge in [-0.3, -0.25) is 0 Å². The first-order valence-corrected chi connectivity index (χ1v) is 7.56. The van der Waals surface area contributed by atoms with Gasteiger partial charge in [-0.05, 0) is 65.6 Å². The first-order valence-electron chi connectivity index (χ1n) is 7.56. The van der Waals surface area contributed by atoms with E-state index in [1.165, 1.54) is 10.9 Å². The Morgan fingerprint density at radius 1 is 0.864 bits per heavy atom. The van der Waals surface area contributed by atoms with Crippen LogP contribution in [0.2, 0.25) is 0 Å². The molecule has 3 aromatic rings. The first-order chi connectivity index (χ1) is 10.7. The summed E-state index contributed by atoms with van der Waals surface area (Å²) >= 11 is 0. The van der Waals surface area contributed by atoms with E-state index in [0.717, 1.165) is 22.3 Å². The largest absolute Gasteiger partial charge is 0.491 e. The van der Waals surface area contributed by atoms with Crippen LogP contribution in [0, 0.1) is 0 Å². The summed E-state index contributed by atoms with van der Waals surface area (Å²) in [5.74, 6) is 0.892. The van der Waals surface area contributed by atoms with E-state index >= 15 is 0 Å². The number of benzene rings is 3. The molecule has 3 rings (SSSR count). The molecular formula is C20H20O2. The second-order valence-corrected chi connectivity index (χ2v) is 5.75. The molecule has 0 aliphatic heterocycles. The van der Waals surface area contributed by atoms with E-state index in [0.29, 0.717) is 0 Å². The van der Waals surface area contributed by atoms with Crippen LogP contribution in [-0.2, 0) is 6.61 Å². The van der Waals surface area contributed by atoms with Gasteiger partial charge in [-0.2, -0.15) is 0 Å². The van der Waals surface area contributed by atoms with Crippen molar-refractivity contribution >= 4 is 10.8 Å². The fourth-order valence-corrected chi connectivity index (χ4v) is 2.59. The Kier molecular flexibility index (Phi) is 4.12. The Labute approximate surface area is 131 Å². The number of hydrogen-bond acceptors (Lipinski definition) is 2. The lowest BCUT2D eigenvalue weighted by molar-refractivity contribution is 0.242. The molecule has 0 atom stereocenters. The van der Waals surface area contributed by atoms with E-state index in [9.17, 15) is 5.11 Å². The number of ether oxygens (including phenoxy) is 1. The van der Waals surface area contributed by atoms with E-state index in [1.807, 2.05) is 38.1 Å². The fourth-order valence-electron chi connectivity index (χ4n) is 2.59. The summed E-state index contributed by atoms with van der Waals surface area (Å²) < 4.78 is 5.77. The van der Waals surface area contributed by atoms with E-state index in [2.05, 4.69) is 36.4 Å². The molecule has 0 aliphatic carbocycles. The summed E-state index contributed by atoms with van der Waals surface area (Å²) in [6.45, 7) is 4.13. The highest BCUT2D eigenvalue weighted by molar-refractivity contribution is 5.88. The van der Waals surface area contributed by atoms with Gasteiger partial charge in [0.05, 0.1) is 12.7 Å². The summed E-state index contributed by atoms with van der Waals surface area (Å²) in [5, 5.41) is 11.5. The minimum Gasteiger partial charge on any atom is -0.491 e. The van der Waals surface area contributed by atoms with Gasteiger partial charge in [0.1, 0.15) is 5.75 Å². The predicted octanol–water partition coefficient (Wildman–Crippen LogP) is 4.79. The lowest BCUT2D eigenvalue weighted by Crippen LogP contribution is -2.05. The topological polar surface area (TPSA) is 29.5 Å². The van der Waals surface area contributed by atoms with Gasteiger partial charge in [-0.15, -0.1) is 0 Å². The Bertz CT molecular complexity index is 791. The highest BCUT2D eigenvalue weighted by Crippen LogP contribution is 2.28. The standard InChI is InChI=1S/C20H20O2/c1-14(2)22-20-5-3-4-16(12-20)19-9-8-17-10-15(13-21)6-7-18(17)11-19/h3-12,14,21H,13H2,1-2H3. The third-order valence-corrected chi connectivity index (χ3v) is 3.63. The Hall–Kier alpha value is -2.32. The van der Waals surface area contributed by atoms with Gasteiger partial charge in [0, 0.05) is 0 Å². The summed E-state index contributed by atoms with van der Waals surface area (Å²) in [4.78, 5) is 0. The van der Waals surface area contributed by atoms with Crippen molar-refractivity contribution in [1.29, 1.82) is 0 Å². The zero-order chi connectivity index (χ0) is 15.5. The van der Waals surface area contributed by atoms with Gasteiger partial charge >= 0.3 is 0 Å². The summed E-state index contributed by atoms with van der Waals surface area (Å²) in [6.07, 6.45) is 0.170. The second kappa shape index (κ2) is 6.20. The minimum atomic E-state index is 0.0757. The smallest absolute Gasteiger partial charge is 0.120 e. The number of fused-ring (bicyclic) bond motifs is 1. The van der Waals surface area contributed by atoms with Gasteiger partial charge in [0.15, 0.2) is 0 Å². The van der Waals surface area contributed by atoms with Crippen molar-refractivity contribution in [2.75, 3.05) is 0 Å². The number of aliphatic hydroxyl groups is 1. The highest BCUT2D eigenvalue weighted by atomic mass is 16.5. The minimum absolute atomic E-state index is 0.0757. The predicted molar refractivity (Wildman–Crippen MR) is 91.1 cm³/mol. The van der Waals surface area contributed by atoms with Crippen molar-refractivity contribution in [3.8, 4) is 16.9 Å². The molecule has 112 valence electrons. The van der Waals surface area contributed by atoms with Gasteiger partial charge in [0.2, 0.25) is 0 Å². The van der Waals surface area contributed by atoms with Crippen LogP contribution in [0.3, 0.4) is 0 Å². The van der Waals surface area contributed by atoms with Crippen molar-refractivity contribution in [3.63, 3.8) is 0 Å². The van der Waals surface area contributed by atoms with Crippen molar-refractivity contribution < 1.29 is 9.84 Å². The molecule has 0 fully saturated rings. The van der Waals surface area contributed by atoms with E-state index in [1.54, 1.807) is 0 Å². The van der Waals surface area contributed by atoms with Crippen molar-refractivity contribution in [3.05, 3.63) is 66.2 Å². The maximum Gasteiger partial charge on any atom is 0.120 e. The molecule has 0 radical (unpaired) electrons. The molecule has 1 N–H and O–H groups in total. The maximum absolute atomic E-state index is 9.22. The van der Waals surface area contributed by atoms with Crippen molar-refractivity contribution in [1.82, 2.24) is 0 Å². The van der Waals surface area contributed by atoms with Crippen LogP contribution < -0.4 is 4.74 Å². The molecule has 0 unspecified atom stereocenters. The van der Waals surface area contributed by atoms with Gasteiger partial charge in [-0.1, -0.05) is 36.4 Å². The SMILES string of the molecule is CC(C)Oc1cccc(-c2ccc3cc(CO)ccc3c2)c1. The molecule has 0 amide bonds. The Morgan fingerprint density at radius 2 is 1.59 bits per heavy atom. The van der Waals surface area contributed by atoms with Crippen LogP contribution in [0.15, 0.2) is 60.7 Å². The van der Waals surface area contributed by atoms with Crippen LogP contribution in [0.4, 0.5) is 0 Å². The molecule has 2 nitrogen and oxygen atoms in total. The summed E-state index contributed by atoms with van der Waals surface area (Å²) in [6, 6.07) is 20.6. The number of aliphatic hydroxyl groups excluding tert-OH is 1. The molecule has 2 heteroatoms. The second-order valence-electron chi connectivity index (χ2n) is 5.75. The van der Waals surface area contributed by atoms with Gasteiger partial charge in [-0.25, -0.2) is 0 Å². The molecular weight excluding hydrogens is 272 g/mol. The number of rotatable bonds is 4.